The molecule has 0 saturated carbocycles. The van der Waals surface area contributed by atoms with E-state index in [1.54, 1.807) is 11.3 Å². The number of tetrazole rings is 1. The van der Waals surface area contributed by atoms with E-state index in [9.17, 15) is 4.79 Å². The lowest BCUT2D eigenvalue weighted by Gasteiger charge is -2.32. The fraction of sp³-hybridized carbons (Fsp3) is 0.440. The maximum atomic E-state index is 13.1. The molecule has 0 amide bonds. The van der Waals surface area contributed by atoms with Gasteiger partial charge in [0, 0.05) is 29.0 Å². The van der Waals surface area contributed by atoms with Crippen LogP contribution < -0.4 is 5.56 Å². The standard InChI is InChI=1S/C25H32N6OS/c1-6-8-22(23-27-28-29-31(23)25(3,4)5)30(16-20-9-7-12-33-20)15-19-14-18-11-10-17(2)13-21(18)26-24(19)32/h7,9-14,22H,6,8,15-16H2,1-5H3,(H,26,32). The van der Waals surface area contributed by atoms with E-state index in [1.807, 2.05) is 23.7 Å². The van der Waals surface area contributed by atoms with Crippen LogP contribution in [0.25, 0.3) is 10.9 Å². The number of pyridine rings is 1. The van der Waals surface area contributed by atoms with Crippen LogP contribution in [-0.2, 0) is 18.6 Å². The van der Waals surface area contributed by atoms with Crippen molar-refractivity contribution >= 4 is 22.2 Å². The predicted octanol–water partition coefficient (Wildman–Crippen LogP) is 5.18. The Bertz CT molecular complexity index is 1270. The summed E-state index contributed by atoms with van der Waals surface area (Å²) in [5, 5.41) is 15.9. The number of aryl methyl sites for hydroxylation is 1. The molecule has 0 radical (unpaired) electrons. The number of aromatic nitrogens is 5. The Morgan fingerprint density at radius 3 is 2.70 bits per heavy atom. The summed E-state index contributed by atoms with van der Waals surface area (Å²) in [7, 11) is 0. The molecule has 0 aliphatic carbocycles. The molecule has 0 saturated heterocycles. The molecule has 4 aromatic rings. The van der Waals surface area contributed by atoms with Crippen LogP contribution in [0.2, 0.25) is 0 Å². The lowest BCUT2D eigenvalue weighted by atomic mass is 10.0. The second-order valence-electron chi connectivity index (χ2n) is 9.62. The second-order valence-corrected chi connectivity index (χ2v) is 10.7. The molecule has 4 rings (SSSR count). The zero-order chi connectivity index (χ0) is 23.6. The highest BCUT2D eigenvalue weighted by molar-refractivity contribution is 7.09. The van der Waals surface area contributed by atoms with Crippen LogP contribution in [0.5, 0.6) is 0 Å². The molecular formula is C25H32N6OS. The van der Waals surface area contributed by atoms with Gasteiger partial charge in [-0.3, -0.25) is 9.69 Å². The Kier molecular flexibility index (Phi) is 6.76. The summed E-state index contributed by atoms with van der Waals surface area (Å²) in [5.41, 5.74) is 2.46. The molecule has 1 N–H and O–H groups in total. The minimum Gasteiger partial charge on any atom is -0.322 e. The summed E-state index contributed by atoms with van der Waals surface area (Å²) < 4.78 is 1.92. The van der Waals surface area contributed by atoms with Gasteiger partial charge < -0.3 is 4.98 Å². The molecule has 3 heterocycles. The van der Waals surface area contributed by atoms with Crippen LogP contribution in [0.15, 0.2) is 46.6 Å². The van der Waals surface area contributed by atoms with Crippen molar-refractivity contribution in [2.45, 2.75) is 72.1 Å². The fourth-order valence-electron chi connectivity index (χ4n) is 4.20. The van der Waals surface area contributed by atoms with Gasteiger partial charge in [0.05, 0.1) is 11.6 Å². The Morgan fingerprint density at radius 2 is 2.00 bits per heavy atom. The summed E-state index contributed by atoms with van der Waals surface area (Å²) >= 11 is 1.73. The van der Waals surface area contributed by atoms with Gasteiger partial charge in [-0.2, -0.15) is 0 Å². The molecular weight excluding hydrogens is 432 g/mol. The minimum atomic E-state index is -0.238. The van der Waals surface area contributed by atoms with Crippen LogP contribution in [0, 0.1) is 6.92 Å². The van der Waals surface area contributed by atoms with Crippen molar-refractivity contribution in [3.63, 3.8) is 0 Å². The molecule has 0 aliphatic heterocycles. The van der Waals surface area contributed by atoms with E-state index in [-0.39, 0.29) is 17.1 Å². The van der Waals surface area contributed by atoms with Gasteiger partial charge >= 0.3 is 0 Å². The lowest BCUT2D eigenvalue weighted by molar-refractivity contribution is 0.150. The quantitative estimate of drug-likeness (QED) is 0.388. The number of nitrogens with one attached hydrogen (secondary N) is 1. The minimum absolute atomic E-state index is 0.0144. The first-order valence-electron chi connectivity index (χ1n) is 11.4. The average molecular weight is 465 g/mol. The van der Waals surface area contributed by atoms with Crippen molar-refractivity contribution < 1.29 is 0 Å². The van der Waals surface area contributed by atoms with Crippen LogP contribution in [0.1, 0.15) is 68.4 Å². The van der Waals surface area contributed by atoms with Crippen LogP contribution in [0.4, 0.5) is 0 Å². The number of nitrogens with zero attached hydrogens (tertiary/aromatic N) is 5. The molecule has 0 spiro atoms. The molecule has 0 bridgehead atoms. The van der Waals surface area contributed by atoms with E-state index in [0.717, 1.165) is 47.2 Å². The van der Waals surface area contributed by atoms with Crippen molar-refractivity contribution in [3.05, 3.63) is 74.0 Å². The molecule has 1 atom stereocenters. The van der Waals surface area contributed by atoms with Gasteiger partial charge in [0.25, 0.3) is 5.56 Å². The highest BCUT2D eigenvalue weighted by Crippen LogP contribution is 2.30. The van der Waals surface area contributed by atoms with Gasteiger partial charge in [0.1, 0.15) is 0 Å². The molecule has 1 unspecified atom stereocenters. The van der Waals surface area contributed by atoms with E-state index < -0.39 is 0 Å². The number of rotatable bonds is 8. The van der Waals surface area contributed by atoms with E-state index in [0.29, 0.717) is 6.54 Å². The van der Waals surface area contributed by atoms with Gasteiger partial charge in [-0.1, -0.05) is 31.5 Å². The number of fused-ring (bicyclic) bond motifs is 1. The summed E-state index contributed by atoms with van der Waals surface area (Å²) in [6.07, 6.45) is 1.88. The van der Waals surface area contributed by atoms with Crippen LogP contribution >= 0.6 is 11.3 Å². The molecule has 8 heteroatoms. The van der Waals surface area contributed by atoms with E-state index in [1.165, 1.54) is 4.88 Å². The highest BCUT2D eigenvalue weighted by Gasteiger charge is 2.30. The van der Waals surface area contributed by atoms with Crippen molar-refractivity contribution in [1.29, 1.82) is 0 Å². The topological polar surface area (TPSA) is 79.7 Å². The van der Waals surface area contributed by atoms with Gasteiger partial charge in [-0.05, 0) is 79.1 Å². The molecule has 33 heavy (non-hydrogen) atoms. The zero-order valence-electron chi connectivity index (χ0n) is 20.0. The number of benzene rings is 1. The SMILES string of the molecule is CCCC(c1nnnn1C(C)(C)C)N(Cc1cccs1)Cc1cc2ccc(C)cc2[nH]c1=O. The second kappa shape index (κ2) is 9.57. The van der Waals surface area contributed by atoms with Gasteiger partial charge in [-0.25, -0.2) is 4.68 Å². The summed E-state index contributed by atoms with van der Waals surface area (Å²) in [4.78, 5) is 19.7. The molecule has 174 valence electrons. The predicted molar refractivity (Wildman–Crippen MR) is 133 cm³/mol. The van der Waals surface area contributed by atoms with E-state index in [4.69, 9.17) is 0 Å². The third kappa shape index (κ3) is 5.23. The molecule has 7 nitrogen and oxygen atoms in total. The first kappa shape index (κ1) is 23.3. The number of hydrogen-bond acceptors (Lipinski definition) is 6. The molecule has 0 aliphatic rings. The molecule has 1 aromatic carbocycles. The average Bonchev–Trinajstić information content (AvgIpc) is 3.44. The van der Waals surface area contributed by atoms with Crippen LogP contribution in [-0.4, -0.2) is 30.1 Å². The Hall–Kier alpha value is -2.84. The summed E-state index contributed by atoms with van der Waals surface area (Å²) in [6.45, 7) is 11.8. The van der Waals surface area contributed by atoms with E-state index >= 15 is 0 Å². The lowest BCUT2D eigenvalue weighted by Crippen LogP contribution is -2.35. The Balaban J connectivity index is 1.77. The largest absolute Gasteiger partial charge is 0.322 e. The smallest absolute Gasteiger partial charge is 0.252 e. The number of aromatic amines is 1. The molecule has 0 fully saturated rings. The fourth-order valence-corrected chi connectivity index (χ4v) is 4.93. The highest BCUT2D eigenvalue weighted by atomic mass is 32.1. The van der Waals surface area contributed by atoms with Crippen LogP contribution in [0.3, 0.4) is 0 Å². The van der Waals surface area contributed by atoms with Crippen molar-refractivity contribution in [2.24, 2.45) is 0 Å². The van der Waals surface area contributed by atoms with Gasteiger partial charge in [-0.15, -0.1) is 16.4 Å². The van der Waals surface area contributed by atoms with Gasteiger partial charge in [0.15, 0.2) is 5.82 Å². The first-order valence-corrected chi connectivity index (χ1v) is 12.3. The maximum Gasteiger partial charge on any atom is 0.252 e. The maximum absolute atomic E-state index is 13.1. The zero-order valence-corrected chi connectivity index (χ0v) is 20.8. The monoisotopic (exact) mass is 464 g/mol. The molecule has 3 aromatic heterocycles. The number of H-pyrrole nitrogens is 1. The summed E-state index contributed by atoms with van der Waals surface area (Å²) in [6, 6.07) is 12.4. The Labute approximate surface area is 198 Å². The summed E-state index contributed by atoms with van der Waals surface area (Å²) in [5.74, 6) is 0.841. The Morgan fingerprint density at radius 1 is 1.18 bits per heavy atom. The van der Waals surface area contributed by atoms with Crippen molar-refractivity contribution in [2.75, 3.05) is 0 Å². The number of thiophene rings is 1. The van der Waals surface area contributed by atoms with Crippen molar-refractivity contribution in [1.82, 2.24) is 30.1 Å². The normalized spacial score (nSPS) is 13.2. The third-order valence-corrected chi connectivity index (χ3v) is 6.68. The first-order chi connectivity index (χ1) is 15.8. The van der Waals surface area contributed by atoms with Crippen molar-refractivity contribution in [3.8, 4) is 0 Å². The van der Waals surface area contributed by atoms with Gasteiger partial charge in [0.2, 0.25) is 0 Å². The number of hydrogen-bond donors (Lipinski definition) is 1. The third-order valence-electron chi connectivity index (χ3n) is 5.82. The van der Waals surface area contributed by atoms with E-state index in [2.05, 4.69) is 82.7 Å².